The third-order valence-electron chi connectivity index (χ3n) is 3.65. The maximum atomic E-state index is 12.7. The smallest absolute Gasteiger partial charge is 0.311 e. The average molecular weight is 315 g/mol. The summed E-state index contributed by atoms with van der Waals surface area (Å²) in [6.45, 7) is 4.14. The molecule has 0 radical (unpaired) electrons. The van der Waals surface area contributed by atoms with Crippen molar-refractivity contribution < 1.29 is 14.8 Å². The standard InChI is InChI=1S/C16H17N3O4/c1-3-18(11(2)13-5-4-8-17-10-13)16(21)12-6-7-15(20)14(9-12)19(22)23/h4-11,20H,3H2,1-2H3/t11-/m1/s1. The molecule has 1 aromatic carbocycles. The molecule has 0 spiro atoms. The molecule has 0 bridgehead atoms. The minimum absolute atomic E-state index is 0.159. The number of carbonyl (C=O) groups is 1. The topological polar surface area (TPSA) is 96.6 Å². The second-order valence-corrected chi connectivity index (χ2v) is 5.01. The lowest BCUT2D eigenvalue weighted by Gasteiger charge is -2.28. The molecule has 120 valence electrons. The van der Waals surface area contributed by atoms with E-state index in [0.717, 1.165) is 17.7 Å². The number of pyridine rings is 1. The number of nitro groups is 1. The van der Waals surface area contributed by atoms with E-state index >= 15 is 0 Å². The van der Waals surface area contributed by atoms with E-state index in [0.29, 0.717) is 6.54 Å². The first-order valence-corrected chi connectivity index (χ1v) is 7.14. The molecular formula is C16H17N3O4. The number of phenols is 1. The fourth-order valence-electron chi connectivity index (χ4n) is 2.36. The van der Waals surface area contributed by atoms with Crippen molar-refractivity contribution >= 4 is 11.6 Å². The van der Waals surface area contributed by atoms with Gasteiger partial charge in [0.2, 0.25) is 0 Å². The molecule has 1 atom stereocenters. The van der Waals surface area contributed by atoms with Gasteiger partial charge in [-0.3, -0.25) is 19.9 Å². The van der Waals surface area contributed by atoms with Crippen molar-refractivity contribution in [2.45, 2.75) is 19.9 Å². The molecule has 7 nitrogen and oxygen atoms in total. The highest BCUT2D eigenvalue weighted by atomic mass is 16.6. The van der Waals surface area contributed by atoms with E-state index < -0.39 is 16.4 Å². The maximum Gasteiger partial charge on any atom is 0.311 e. The Hall–Kier alpha value is -2.96. The van der Waals surface area contributed by atoms with Gasteiger partial charge in [-0.05, 0) is 37.6 Å². The molecule has 23 heavy (non-hydrogen) atoms. The van der Waals surface area contributed by atoms with E-state index in [2.05, 4.69) is 4.98 Å². The first-order valence-electron chi connectivity index (χ1n) is 7.14. The number of phenolic OH excluding ortho intramolecular Hbond substituents is 1. The van der Waals surface area contributed by atoms with Crippen LogP contribution >= 0.6 is 0 Å². The quantitative estimate of drug-likeness (QED) is 0.676. The maximum absolute atomic E-state index is 12.7. The number of rotatable bonds is 5. The second-order valence-electron chi connectivity index (χ2n) is 5.01. The molecule has 1 heterocycles. The molecule has 2 aromatic rings. The number of nitro benzene ring substituents is 1. The van der Waals surface area contributed by atoms with Crippen molar-refractivity contribution in [3.63, 3.8) is 0 Å². The van der Waals surface area contributed by atoms with Crippen molar-refractivity contribution in [1.29, 1.82) is 0 Å². The van der Waals surface area contributed by atoms with Crippen LogP contribution in [0.2, 0.25) is 0 Å². The molecule has 1 aromatic heterocycles. The molecule has 0 unspecified atom stereocenters. The second kappa shape index (κ2) is 6.87. The molecule has 0 aliphatic carbocycles. The minimum Gasteiger partial charge on any atom is -0.502 e. The summed E-state index contributed by atoms with van der Waals surface area (Å²) in [6, 6.07) is 7.06. The van der Waals surface area contributed by atoms with Crippen LogP contribution in [0.5, 0.6) is 5.75 Å². The Morgan fingerprint density at radius 2 is 2.17 bits per heavy atom. The highest BCUT2D eigenvalue weighted by molar-refractivity contribution is 5.95. The van der Waals surface area contributed by atoms with Crippen molar-refractivity contribution in [2.24, 2.45) is 0 Å². The molecule has 1 amide bonds. The Balaban J connectivity index is 2.33. The summed E-state index contributed by atoms with van der Waals surface area (Å²) in [7, 11) is 0. The number of hydrogen-bond acceptors (Lipinski definition) is 5. The minimum atomic E-state index is -0.715. The largest absolute Gasteiger partial charge is 0.502 e. The molecule has 0 saturated heterocycles. The molecule has 7 heteroatoms. The number of benzene rings is 1. The number of nitrogens with zero attached hydrogens (tertiary/aromatic N) is 3. The zero-order chi connectivity index (χ0) is 17.0. The van der Waals surface area contributed by atoms with Gasteiger partial charge in [0.25, 0.3) is 5.91 Å². The molecule has 1 N–H and O–H groups in total. The highest BCUT2D eigenvalue weighted by Crippen LogP contribution is 2.28. The lowest BCUT2D eigenvalue weighted by Crippen LogP contribution is -2.33. The third-order valence-corrected chi connectivity index (χ3v) is 3.65. The van der Waals surface area contributed by atoms with Gasteiger partial charge >= 0.3 is 5.69 Å². The zero-order valence-corrected chi connectivity index (χ0v) is 12.8. The molecule has 0 fully saturated rings. The predicted octanol–water partition coefficient (Wildman–Crippen LogP) is 2.92. The predicted molar refractivity (Wildman–Crippen MR) is 84.1 cm³/mol. The third kappa shape index (κ3) is 3.45. The number of aromatic nitrogens is 1. The van der Waals surface area contributed by atoms with Gasteiger partial charge in [0.05, 0.1) is 11.0 Å². The van der Waals surface area contributed by atoms with Crippen LogP contribution in [-0.2, 0) is 0 Å². The van der Waals surface area contributed by atoms with E-state index in [1.807, 2.05) is 19.9 Å². The Labute approximate surface area is 133 Å². The Morgan fingerprint density at radius 1 is 1.43 bits per heavy atom. The van der Waals surface area contributed by atoms with E-state index in [-0.39, 0.29) is 17.5 Å². The van der Waals surface area contributed by atoms with E-state index in [1.165, 1.54) is 6.07 Å². The lowest BCUT2D eigenvalue weighted by atomic mass is 10.1. The van der Waals surface area contributed by atoms with E-state index in [4.69, 9.17) is 0 Å². The van der Waals surface area contributed by atoms with Gasteiger partial charge in [0.15, 0.2) is 5.75 Å². The Bertz CT molecular complexity index is 719. The van der Waals surface area contributed by atoms with Crippen LogP contribution < -0.4 is 0 Å². The fourth-order valence-corrected chi connectivity index (χ4v) is 2.36. The molecule has 0 aliphatic heterocycles. The molecule has 2 rings (SSSR count). The van der Waals surface area contributed by atoms with E-state index in [9.17, 15) is 20.0 Å². The van der Waals surface area contributed by atoms with Crippen LogP contribution in [0.15, 0.2) is 42.7 Å². The number of aromatic hydroxyl groups is 1. The van der Waals surface area contributed by atoms with Crippen LogP contribution in [0.3, 0.4) is 0 Å². The average Bonchev–Trinajstić information content (AvgIpc) is 2.56. The van der Waals surface area contributed by atoms with Crippen molar-refractivity contribution in [2.75, 3.05) is 6.54 Å². The first kappa shape index (κ1) is 16.4. The van der Waals surface area contributed by atoms with Gasteiger partial charge in [-0.1, -0.05) is 6.07 Å². The summed E-state index contributed by atoms with van der Waals surface area (Å²) < 4.78 is 0. The van der Waals surface area contributed by atoms with Gasteiger partial charge in [-0.15, -0.1) is 0 Å². The molecule has 0 aliphatic rings. The van der Waals surface area contributed by atoms with Gasteiger partial charge in [0, 0.05) is 30.6 Å². The van der Waals surface area contributed by atoms with Crippen LogP contribution in [0, 0.1) is 10.1 Å². The normalized spacial score (nSPS) is 11.7. The summed E-state index contributed by atoms with van der Waals surface area (Å²) in [4.78, 5) is 28.5. The first-order chi connectivity index (χ1) is 11.0. The summed E-state index contributed by atoms with van der Waals surface area (Å²) in [5, 5.41) is 20.4. The number of amides is 1. The van der Waals surface area contributed by atoms with Crippen LogP contribution in [0.25, 0.3) is 0 Å². The summed E-state index contributed by atoms with van der Waals surface area (Å²) >= 11 is 0. The summed E-state index contributed by atoms with van der Waals surface area (Å²) in [5.74, 6) is -0.804. The number of carbonyl (C=O) groups excluding carboxylic acids is 1. The van der Waals surface area contributed by atoms with Crippen molar-refractivity contribution in [3.8, 4) is 5.75 Å². The Kier molecular flexibility index (Phi) is 4.90. The highest BCUT2D eigenvalue weighted by Gasteiger charge is 2.24. The molecule has 0 saturated carbocycles. The lowest BCUT2D eigenvalue weighted by molar-refractivity contribution is -0.385. The summed E-state index contributed by atoms with van der Waals surface area (Å²) in [5.41, 5.74) is 0.545. The molecular weight excluding hydrogens is 298 g/mol. The fraction of sp³-hybridized carbons (Fsp3) is 0.250. The van der Waals surface area contributed by atoms with Gasteiger partial charge in [-0.2, -0.15) is 0 Å². The van der Waals surface area contributed by atoms with Crippen LogP contribution in [-0.4, -0.2) is 32.4 Å². The van der Waals surface area contributed by atoms with Crippen molar-refractivity contribution in [3.05, 3.63) is 64.0 Å². The Morgan fingerprint density at radius 3 is 2.74 bits per heavy atom. The number of hydrogen-bond donors (Lipinski definition) is 1. The van der Waals surface area contributed by atoms with Gasteiger partial charge in [-0.25, -0.2) is 0 Å². The van der Waals surface area contributed by atoms with Crippen molar-refractivity contribution in [1.82, 2.24) is 9.88 Å². The van der Waals surface area contributed by atoms with Crippen LogP contribution in [0.1, 0.15) is 35.8 Å². The van der Waals surface area contributed by atoms with E-state index in [1.54, 1.807) is 23.4 Å². The van der Waals surface area contributed by atoms with Gasteiger partial charge in [0.1, 0.15) is 0 Å². The summed E-state index contributed by atoms with van der Waals surface area (Å²) in [6.07, 6.45) is 3.33. The zero-order valence-electron chi connectivity index (χ0n) is 12.8. The SMILES string of the molecule is CCN(C(=O)c1ccc(O)c([N+](=O)[O-])c1)[C@H](C)c1cccnc1. The van der Waals surface area contributed by atoms with Crippen LogP contribution in [0.4, 0.5) is 5.69 Å². The van der Waals surface area contributed by atoms with Gasteiger partial charge < -0.3 is 10.0 Å². The monoisotopic (exact) mass is 315 g/mol.